The molecule has 0 atom stereocenters. The maximum absolute atomic E-state index is 12.7. The Kier molecular flexibility index (Phi) is 5.36. The first-order chi connectivity index (χ1) is 11.2. The van der Waals surface area contributed by atoms with Gasteiger partial charge in [0.25, 0.3) is 0 Å². The van der Waals surface area contributed by atoms with Crippen molar-refractivity contribution < 1.29 is 23.2 Å². The Morgan fingerprint density at radius 2 is 2.00 bits per heavy atom. The Bertz CT molecular complexity index is 916. The number of hydrogen-bond donors (Lipinski definition) is 1. The standard InChI is InChI=1S/C14H11BrClNO6S/c1-23-12-3-2-9(15)5-13(12)24(21,22)7-8-4-10(16)6-11(14(8)18)17(19)20/h2-6,18H,7H2,1H3. The molecule has 0 aromatic heterocycles. The van der Waals surface area contributed by atoms with Crippen LogP contribution in [0.3, 0.4) is 0 Å². The molecular weight excluding hydrogens is 426 g/mol. The summed E-state index contributed by atoms with van der Waals surface area (Å²) in [7, 11) is -2.63. The molecule has 0 heterocycles. The number of sulfone groups is 1. The Balaban J connectivity index is 2.55. The van der Waals surface area contributed by atoms with Crippen molar-refractivity contribution in [2.45, 2.75) is 10.6 Å². The van der Waals surface area contributed by atoms with Crippen LogP contribution < -0.4 is 4.74 Å². The molecule has 0 aliphatic rings. The van der Waals surface area contributed by atoms with E-state index in [-0.39, 0.29) is 21.2 Å². The number of rotatable bonds is 5. The number of methoxy groups -OCH3 is 1. The summed E-state index contributed by atoms with van der Waals surface area (Å²) in [6.07, 6.45) is 0. The first-order valence-corrected chi connectivity index (χ1v) is 9.20. The summed E-state index contributed by atoms with van der Waals surface area (Å²) in [5.74, 6) is -1.29. The lowest BCUT2D eigenvalue weighted by Gasteiger charge is -2.11. The van der Waals surface area contributed by atoms with Crippen LogP contribution in [-0.4, -0.2) is 25.6 Å². The molecule has 128 valence electrons. The van der Waals surface area contributed by atoms with E-state index < -0.39 is 32.0 Å². The first-order valence-electron chi connectivity index (χ1n) is 6.38. The van der Waals surface area contributed by atoms with Gasteiger partial charge in [0, 0.05) is 21.1 Å². The number of hydrogen-bond acceptors (Lipinski definition) is 6. The van der Waals surface area contributed by atoms with Gasteiger partial charge in [0.15, 0.2) is 15.6 Å². The second kappa shape index (κ2) is 6.96. The molecule has 0 saturated carbocycles. The molecule has 2 aromatic rings. The molecule has 1 N–H and O–H groups in total. The molecule has 24 heavy (non-hydrogen) atoms. The minimum Gasteiger partial charge on any atom is -0.502 e. The fraction of sp³-hybridized carbons (Fsp3) is 0.143. The Labute approximate surface area is 151 Å². The van der Waals surface area contributed by atoms with Gasteiger partial charge in [0.1, 0.15) is 10.6 Å². The summed E-state index contributed by atoms with van der Waals surface area (Å²) >= 11 is 8.96. The summed E-state index contributed by atoms with van der Waals surface area (Å²) in [5, 5.41) is 20.8. The molecule has 2 rings (SSSR count). The molecule has 0 fully saturated rings. The van der Waals surface area contributed by atoms with Crippen molar-refractivity contribution in [3.8, 4) is 11.5 Å². The summed E-state index contributed by atoms with van der Waals surface area (Å²) in [6, 6.07) is 6.56. The van der Waals surface area contributed by atoms with Crippen LogP contribution in [0.5, 0.6) is 11.5 Å². The molecular formula is C14H11BrClNO6S. The van der Waals surface area contributed by atoms with Crippen molar-refractivity contribution in [1.82, 2.24) is 0 Å². The van der Waals surface area contributed by atoms with Crippen LogP contribution in [0.15, 0.2) is 39.7 Å². The number of nitrogens with zero attached hydrogens (tertiary/aromatic N) is 1. The van der Waals surface area contributed by atoms with E-state index in [2.05, 4.69) is 15.9 Å². The summed E-state index contributed by atoms with van der Waals surface area (Å²) in [6.45, 7) is 0. The topological polar surface area (TPSA) is 107 Å². The third-order valence-corrected chi connectivity index (χ3v) is 5.53. The van der Waals surface area contributed by atoms with E-state index in [9.17, 15) is 23.6 Å². The lowest BCUT2D eigenvalue weighted by Crippen LogP contribution is -2.08. The van der Waals surface area contributed by atoms with Gasteiger partial charge in [-0.1, -0.05) is 27.5 Å². The van der Waals surface area contributed by atoms with Gasteiger partial charge in [0.05, 0.1) is 17.8 Å². The van der Waals surface area contributed by atoms with Crippen LogP contribution in [0.1, 0.15) is 5.56 Å². The van der Waals surface area contributed by atoms with Gasteiger partial charge in [-0.15, -0.1) is 0 Å². The average Bonchev–Trinajstić information content (AvgIpc) is 2.50. The van der Waals surface area contributed by atoms with E-state index in [0.717, 1.165) is 6.07 Å². The highest BCUT2D eigenvalue weighted by atomic mass is 79.9. The van der Waals surface area contributed by atoms with Crippen LogP contribution in [0.2, 0.25) is 5.02 Å². The van der Waals surface area contributed by atoms with Crippen molar-refractivity contribution in [3.05, 3.63) is 55.5 Å². The van der Waals surface area contributed by atoms with E-state index in [4.69, 9.17) is 16.3 Å². The smallest absolute Gasteiger partial charge is 0.312 e. The number of nitro benzene ring substituents is 1. The largest absolute Gasteiger partial charge is 0.502 e. The third-order valence-electron chi connectivity index (χ3n) is 3.14. The molecule has 0 radical (unpaired) electrons. The minimum atomic E-state index is -3.96. The Morgan fingerprint density at radius 3 is 2.58 bits per heavy atom. The van der Waals surface area contributed by atoms with Gasteiger partial charge >= 0.3 is 5.69 Å². The summed E-state index contributed by atoms with van der Waals surface area (Å²) in [5.41, 5.74) is -0.829. The molecule has 2 aromatic carbocycles. The molecule has 0 aliphatic heterocycles. The van der Waals surface area contributed by atoms with E-state index in [1.54, 1.807) is 6.07 Å². The second-order valence-corrected chi connectivity index (χ2v) is 8.05. The molecule has 0 bridgehead atoms. The van der Waals surface area contributed by atoms with Crippen LogP contribution >= 0.6 is 27.5 Å². The minimum absolute atomic E-state index is 0.0501. The van der Waals surface area contributed by atoms with E-state index in [0.29, 0.717) is 4.47 Å². The second-order valence-electron chi connectivity index (χ2n) is 4.74. The summed E-state index contributed by atoms with van der Waals surface area (Å²) in [4.78, 5) is 9.97. The molecule has 0 unspecified atom stereocenters. The lowest BCUT2D eigenvalue weighted by atomic mass is 10.2. The van der Waals surface area contributed by atoms with Gasteiger partial charge in [0.2, 0.25) is 0 Å². The highest BCUT2D eigenvalue weighted by Crippen LogP contribution is 2.37. The number of benzene rings is 2. The third kappa shape index (κ3) is 3.80. The number of nitro groups is 1. The molecule has 10 heteroatoms. The number of ether oxygens (including phenoxy) is 1. The maximum atomic E-state index is 12.7. The predicted octanol–water partition coefficient (Wildman–Crippen LogP) is 3.70. The number of aromatic hydroxyl groups is 1. The van der Waals surface area contributed by atoms with Gasteiger partial charge in [-0.05, 0) is 24.3 Å². The van der Waals surface area contributed by atoms with Crippen molar-refractivity contribution in [2.24, 2.45) is 0 Å². The predicted molar refractivity (Wildman–Crippen MR) is 91.4 cm³/mol. The number of halogens is 2. The van der Waals surface area contributed by atoms with Crippen LogP contribution in [0.25, 0.3) is 0 Å². The highest BCUT2D eigenvalue weighted by molar-refractivity contribution is 9.10. The van der Waals surface area contributed by atoms with Crippen molar-refractivity contribution in [1.29, 1.82) is 0 Å². The number of phenols is 1. The van der Waals surface area contributed by atoms with E-state index in [1.807, 2.05) is 0 Å². The van der Waals surface area contributed by atoms with Crippen LogP contribution in [-0.2, 0) is 15.6 Å². The molecule has 0 aliphatic carbocycles. The van der Waals surface area contributed by atoms with E-state index in [1.165, 1.54) is 25.3 Å². The molecule has 7 nitrogen and oxygen atoms in total. The zero-order valence-electron chi connectivity index (χ0n) is 12.2. The van der Waals surface area contributed by atoms with Crippen molar-refractivity contribution in [2.75, 3.05) is 7.11 Å². The van der Waals surface area contributed by atoms with Gasteiger partial charge in [-0.2, -0.15) is 0 Å². The quantitative estimate of drug-likeness (QED) is 0.566. The Morgan fingerprint density at radius 1 is 1.33 bits per heavy atom. The zero-order valence-corrected chi connectivity index (χ0v) is 15.4. The fourth-order valence-electron chi connectivity index (χ4n) is 2.07. The Hall–Kier alpha value is -1.84. The van der Waals surface area contributed by atoms with Crippen LogP contribution in [0.4, 0.5) is 5.69 Å². The number of phenolic OH excluding ortho intramolecular Hbond substituents is 1. The summed E-state index contributed by atoms with van der Waals surface area (Å²) < 4.78 is 30.9. The maximum Gasteiger partial charge on any atom is 0.312 e. The van der Waals surface area contributed by atoms with Crippen molar-refractivity contribution >= 4 is 43.1 Å². The van der Waals surface area contributed by atoms with Gasteiger partial charge in [-0.25, -0.2) is 8.42 Å². The molecule has 0 spiro atoms. The fourth-order valence-corrected chi connectivity index (χ4v) is 4.36. The van der Waals surface area contributed by atoms with Gasteiger partial charge in [-0.3, -0.25) is 10.1 Å². The highest BCUT2D eigenvalue weighted by Gasteiger charge is 2.26. The van der Waals surface area contributed by atoms with Crippen molar-refractivity contribution in [3.63, 3.8) is 0 Å². The van der Waals surface area contributed by atoms with Crippen LogP contribution in [0, 0.1) is 10.1 Å². The first kappa shape index (κ1) is 18.5. The lowest BCUT2D eigenvalue weighted by molar-refractivity contribution is -0.385. The van der Waals surface area contributed by atoms with Gasteiger partial charge < -0.3 is 9.84 Å². The zero-order chi connectivity index (χ0) is 18.1. The van der Waals surface area contributed by atoms with E-state index >= 15 is 0 Å². The molecule has 0 saturated heterocycles. The average molecular weight is 437 g/mol. The monoisotopic (exact) mass is 435 g/mol. The normalized spacial score (nSPS) is 11.3. The SMILES string of the molecule is COc1ccc(Br)cc1S(=O)(=O)Cc1cc(Cl)cc([N+](=O)[O-])c1O. The molecule has 0 amide bonds.